The molecule has 0 aliphatic carbocycles. The molecule has 4 nitrogen and oxygen atoms in total. The second-order valence-electron chi connectivity index (χ2n) is 3.61. The van der Waals surface area contributed by atoms with Crippen LogP contribution in [0.5, 0.6) is 0 Å². The van der Waals surface area contributed by atoms with Crippen molar-refractivity contribution in [2.75, 3.05) is 5.32 Å². The molecule has 0 amide bonds. The smallest absolute Gasteiger partial charge is 0.355 e. The summed E-state index contributed by atoms with van der Waals surface area (Å²) < 4.78 is 38.7. The van der Waals surface area contributed by atoms with Crippen molar-refractivity contribution in [3.8, 4) is 0 Å². The number of hydrogen-bond donors (Lipinski definition) is 2. The van der Waals surface area contributed by atoms with Crippen LogP contribution in [0.1, 0.15) is 15.4 Å². The standard InChI is InChI=1S/C11H7F3N2O2S/c1-4-9(10(17)18)16-11(19-4)15-5-2-6(12)8(14)7(13)3-5/h2-3H,1H3,(H,15,16)(H,17,18). The van der Waals surface area contributed by atoms with E-state index in [1.54, 1.807) is 6.92 Å². The number of anilines is 2. The summed E-state index contributed by atoms with van der Waals surface area (Å²) in [5.41, 5.74) is -0.197. The Balaban J connectivity index is 2.31. The van der Waals surface area contributed by atoms with E-state index < -0.39 is 23.4 Å². The van der Waals surface area contributed by atoms with Crippen molar-refractivity contribution in [3.05, 3.63) is 40.2 Å². The minimum Gasteiger partial charge on any atom is -0.476 e. The van der Waals surface area contributed by atoms with E-state index >= 15 is 0 Å². The van der Waals surface area contributed by atoms with Crippen LogP contribution in [-0.2, 0) is 0 Å². The number of aromatic carboxylic acids is 1. The molecule has 0 atom stereocenters. The highest BCUT2D eigenvalue weighted by Crippen LogP contribution is 2.27. The number of carbonyl (C=O) groups is 1. The fourth-order valence-corrected chi connectivity index (χ4v) is 2.22. The summed E-state index contributed by atoms with van der Waals surface area (Å²) in [4.78, 5) is 15.0. The van der Waals surface area contributed by atoms with Gasteiger partial charge in [-0.1, -0.05) is 0 Å². The van der Waals surface area contributed by atoms with Gasteiger partial charge in [0.25, 0.3) is 0 Å². The molecule has 1 aromatic heterocycles. The summed E-state index contributed by atoms with van der Waals surface area (Å²) in [6.07, 6.45) is 0. The Morgan fingerprint density at radius 2 is 1.89 bits per heavy atom. The molecule has 0 saturated heterocycles. The van der Waals surface area contributed by atoms with E-state index in [2.05, 4.69) is 10.3 Å². The molecule has 2 rings (SSSR count). The maximum Gasteiger partial charge on any atom is 0.355 e. The molecular formula is C11H7F3N2O2S. The van der Waals surface area contributed by atoms with Crippen molar-refractivity contribution in [1.29, 1.82) is 0 Å². The van der Waals surface area contributed by atoms with Gasteiger partial charge in [0.15, 0.2) is 28.3 Å². The highest BCUT2D eigenvalue weighted by atomic mass is 32.1. The minimum absolute atomic E-state index is 0.0536. The molecule has 2 aromatic rings. The number of hydrogen-bond acceptors (Lipinski definition) is 4. The van der Waals surface area contributed by atoms with E-state index in [1.165, 1.54) is 0 Å². The zero-order valence-corrected chi connectivity index (χ0v) is 10.3. The fourth-order valence-electron chi connectivity index (χ4n) is 1.40. The second kappa shape index (κ2) is 4.88. The number of nitrogens with one attached hydrogen (secondary N) is 1. The van der Waals surface area contributed by atoms with Crippen LogP contribution < -0.4 is 5.32 Å². The molecule has 0 aliphatic rings. The number of aryl methyl sites for hydroxylation is 1. The van der Waals surface area contributed by atoms with E-state index in [4.69, 9.17) is 5.11 Å². The second-order valence-corrected chi connectivity index (χ2v) is 4.81. The quantitative estimate of drug-likeness (QED) is 0.851. The van der Waals surface area contributed by atoms with E-state index in [0.29, 0.717) is 4.88 Å². The molecule has 1 aromatic carbocycles. The van der Waals surface area contributed by atoms with Gasteiger partial charge in [-0.3, -0.25) is 0 Å². The third-order valence-corrected chi connectivity index (χ3v) is 3.12. The molecular weight excluding hydrogens is 281 g/mol. The fraction of sp³-hybridized carbons (Fsp3) is 0.0909. The summed E-state index contributed by atoms with van der Waals surface area (Å²) in [6, 6.07) is 1.52. The lowest BCUT2D eigenvalue weighted by atomic mass is 10.3. The predicted octanol–water partition coefficient (Wildman–Crippen LogP) is 3.31. The normalized spacial score (nSPS) is 10.5. The molecule has 1 heterocycles. The highest BCUT2D eigenvalue weighted by Gasteiger charge is 2.15. The Morgan fingerprint density at radius 1 is 1.32 bits per heavy atom. The van der Waals surface area contributed by atoms with Crippen LogP contribution >= 0.6 is 11.3 Å². The maximum atomic E-state index is 13.0. The molecule has 0 aliphatic heterocycles. The number of nitrogens with zero attached hydrogens (tertiary/aromatic N) is 1. The molecule has 0 unspecified atom stereocenters. The number of halogens is 3. The first-order valence-corrected chi connectivity index (χ1v) is 5.82. The van der Waals surface area contributed by atoms with E-state index in [9.17, 15) is 18.0 Å². The van der Waals surface area contributed by atoms with Gasteiger partial charge in [0, 0.05) is 22.7 Å². The zero-order valence-electron chi connectivity index (χ0n) is 9.50. The van der Waals surface area contributed by atoms with Crippen molar-refractivity contribution in [2.24, 2.45) is 0 Å². The lowest BCUT2D eigenvalue weighted by Gasteiger charge is -2.03. The number of carboxylic acids is 1. The van der Waals surface area contributed by atoms with Crippen LogP contribution in [-0.4, -0.2) is 16.1 Å². The monoisotopic (exact) mass is 288 g/mol. The Hall–Kier alpha value is -2.09. The summed E-state index contributed by atoms with van der Waals surface area (Å²) in [7, 11) is 0. The van der Waals surface area contributed by atoms with Gasteiger partial charge in [-0.25, -0.2) is 22.9 Å². The van der Waals surface area contributed by atoms with Gasteiger partial charge in [0.2, 0.25) is 0 Å². The highest BCUT2D eigenvalue weighted by molar-refractivity contribution is 7.15. The maximum absolute atomic E-state index is 13.0. The number of rotatable bonds is 3. The number of aromatic nitrogens is 1. The molecule has 0 radical (unpaired) electrons. The largest absolute Gasteiger partial charge is 0.476 e. The van der Waals surface area contributed by atoms with Crippen molar-refractivity contribution in [3.63, 3.8) is 0 Å². The van der Waals surface area contributed by atoms with Gasteiger partial charge in [0.05, 0.1) is 0 Å². The summed E-state index contributed by atoms with van der Waals surface area (Å²) >= 11 is 1.01. The van der Waals surface area contributed by atoms with E-state index in [0.717, 1.165) is 23.5 Å². The van der Waals surface area contributed by atoms with E-state index in [1.807, 2.05) is 0 Å². The first-order valence-electron chi connectivity index (χ1n) is 5.00. The van der Waals surface area contributed by atoms with Crippen LogP contribution in [0.25, 0.3) is 0 Å². The van der Waals surface area contributed by atoms with Crippen molar-refractivity contribution >= 4 is 28.1 Å². The Morgan fingerprint density at radius 3 is 2.37 bits per heavy atom. The van der Waals surface area contributed by atoms with Crippen LogP contribution in [0.15, 0.2) is 12.1 Å². The first kappa shape index (κ1) is 13.3. The van der Waals surface area contributed by atoms with Gasteiger partial charge < -0.3 is 10.4 Å². The Labute approximate surface area is 109 Å². The number of thiazole rings is 1. The topological polar surface area (TPSA) is 62.2 Å². The van der Waals surface area contributed by atoms with Crippen molar-refractivity contribution in [2.45, 2.75) is 6.92 Å². The van der Waals surface area contributed by atoms with Crippen LogP contribution in [0.2, 0.25) is 0 Å². The van der Waals surface area contributed by atoms with Crippen molar-refractivity contribution < 1.29 is 23.1 Å². The van der Waals surface area contributed by atoms with Gasteiger partial charge >= 0.3 is 5.97 Å². The Bertz CT molecular complexity index is 634. The number of benzene rings is 1. The predicted molar refractivity (Wildman–Crippen MR) is 63.4 cm³/mol. The third kappa shape index (κ3) is 2.68. The summed E-state index contributed by atoms with van der Waals surface area (Å²) in [5, 5.41) is 11.5. The summed E-state index contributed by atoms with van der Waals surface area (Å²) in [5.74, 6) is -5.44. The average Bonchev–Trinajstić information content (AvgIpc) is 2.67. The Kier molecular flexibility index (Phi) is 3.43. The molecule has 8 heteroatoms. The summed E-state index contributed by atoms with van der Waals surface area (Å²) in [6.45, 7) is 1.55. The molecule has 0 bridgehead atoms. The minimum atomic E-state index is -1.56. The SMILES string of the molecule is Cc1sc(Nc2cc(F)c(F)c(F)c2)nc1C(=O)O. The molecule has 2 N–H and O–H groups in total. The zero-order chi connectivity index (χ0) is 14.2. The lowest BCUT2D eigenvalue weighted by Crippen LogP contribution is -2.00. The average molecular weight is 288 g/mol. The molecule has 0 saturated carbocycles. The van der Waals surface area contributed by atoms with Gasteiger partial charge in [-0.15, -0.1) is 11.3 Å². The van der Waals surface area contributed by atoms with Crippen LogP contribution in [0.4, 0.5) is 24.0 Å². The molecule has 19 heavy (non-hydrogen) atoms. The van der Waals surface area contributed by atoms with Gasteiger partial charge in [-0.05, 0) is 6.92 Å². The van der Waals surface area contributed by atoms with Crippen LogP contribution in [0, 0.1) is 24.4 Å². The first-order chi connectivity index (χ1) is 8.88. The van der Waals surface area contributed by atoms with Gasteiger partial charge in [0.1, 0.15) is 0 Å². The lowest BCUT2D eigenvalue weighted by molar-refractivity contribution is 0.0690. The number of carboxylic acid groups (broad SMARTS) is 1. The third-order valence-electron chi connectivity index (χ3n) is 2.23. The molecule has 0 spiro atoms. The van der Waals surface area contributed by atoms with Gasteiger partial charge in [-0.2, -0.15) is 0 Å². The molecule has 0 fully saturated rings. The van der Waals surface area contributed by atoms with E-state index in [-0.39, 0.29) is 16.5 Å². The van der Waals surface area contributed by atoms with Crippen molar-refractivity contribution in [1.82, 2.24) is 4.98 Å². The van der Waals surface area contributed by atoms with Crippen LogP contribution in [0.3, 0.4) is 0 Å². The molecule has 100 valence electrons.